The highest BCUT2D eigenvalue weighted by Crippen LogP contribution is 2.42. The molecule has 0 spiro atoms. The van der Waals surface area contributed by atoms with E-state index in [0.717, 1.165) is 9.54 Å². The summed E-state index contributed by atoms with van der Waals surface area (Å²) in [6.45, 7) is 0. The monoisotopic (exact) mass is 366 g/mol. The minimum absolute atomic E-state index is 0.251. The van der Waals surface area contributed by atoms with Crippen LogP contribution in [0.3, 0.4) is 0 Å². The first kappa shape index (κ1) is 11.6. The molecule has 0 N–H and O–H groups in total. The van der Waals surface area contributed by atoms with Crippen LogP contribution in [0.1, 0.15) is 14.6 Å². The zero-order valence-electron chi connectivity index (χ0n) is 7.87. The number of rotatable bonds is 3. The molecule has 0 aliphatic heterocycles. The summed E-state index contributed by atoms with van der Waals surface area (Å²) in [5, 5.41) is 3.03. The summed E-state index contributed by atoms with van der Waals surface area (Å²) in [4.78, 5) is 2.80. The van der Waals surface area contributed by atoms with Crippen LogP contribution in [0.15, 0.2) is 28.1 Å². The van der Waals surface area contributed by atoms with Crippen molar-refractivity contribution in [3.63, 3.8) is 0 Å². The van der Waals surface area contributed by atoms with Gasteiger partial charge in [-0.2, -0.15) is 0 Å². The van der Waals surface area contributed by atoms with Gasteiger partial charge in [0, 0.05) is 14.2 Å². The first-order chi connectivity index (χ1) is 7.22. The van der Waals surface area contributed by atoms with Gasteiger partial charge in [0.05, 0.1) is 11.9 Å². The molecule has 80 valence electrons. The summed E-state index contributed by atoms with van der Waals surface area (Å²) in [7, 11) is 1.69. The third-order valence-electron chi connectivity index (χ3n) is 1.93. The molecular formula is C10H8Br2OS2. The third kappa shape index (κ3) is 2.46. The van der Waals surface area contributed by atoms with E-state index >= 15 is 0 Å². The second-order valence-corrected chi connectivity index (χ2v) is 6.65. The number of ether oxygens (including phenoxy) is 1. The second kappa shape index (κ2) is 4.99. The van der Waals surface area contributed by atoms with Crippen LogP contribution in [0, 0.1) is 0 Å². The molecule has 0 aliphatic rings. The minimum atomic E-state index is 0.251. The lowest BCUT2D eigenvalue weighted by Crippen LogP contribution is -1.85. The van der Waals surface area contributed by atoms with Crippen molar-refractivity contribution in [2.45, 2.75) is 4.83 Å². The maximum Gasteiger partial charge on any atom is 0.173 e. The van der Waals surface area contributed by atoms with Crippen LogP contribution in [-0.4, -0.2) is 7.11 Å². The van der Waals surface area contributed by atoms with Crippen LogP contribution in [0.5, 0.6) is 5.06 Å². The highest BCUT2D eigenvalue weighted by Gasteiger charge is 2.16. The first-order valence-corrected chi connectivity index (χ1v) is 7.63. The van der Waals surface area contributed by atoms with E-state index in [-0.39, 0.29) is 4.83 Å². The maximum absolute atomic E-state index is 5.18. The summed E-state index contributed by atoms with van der Waals surface area (Å²) in [5.41, 5.74) is 0. The van der Waals surface area contributed by atoms with Crippen LogP contribution in [0.2, 0.25) is 0 Å². The number of hydrogen-bond acceptors (Lipinski definition) is 3. The standard InChI is InChI=1S/C10H8Br2OS2/c1-13-8-3-2-7(15-8)9(12)10-6(11)4-5-14-10/h2-5,9H,1H3. The van der Waals surface area contributed by atoms with Crippen LogP contribution >= 0.6 is 54.5 Å². The Hall–Kier alpha value is 0.160. The van der Waals surface area contributed by atoms with Gasteiger partial charge in [0.1, 0.15) is 0 Å². The van der Waals surface area contributed by atoms with Crippen molar-refractivity contribution in [2.24, 2.45) is 0 Å². The molecule has 0 aromatic carbocycles. The number of methoxy groups -OCH3 is 1. The molecule has 0 aliphatic carbocycles. The van der Waals surface area contributed by atoms with E-state index in [2.05, 4.69) is 49.4 Å². The Morgan fingerprint density at radius 3 is 2.67 bits per heavy atom. The fourth-order valence-corrected chi connectivity index (χ4v) is 4.98. The van der Waals surface area contributed by atoms with Crippen molar-refractivity contribution >= 4 is 54.5 Å². The average Bonchev–Trinajstić information content (AvgIpc) is 2.84. The largest absolute Gasteiger partial charge is 0.487 e. The van der Waals surface area contributed by atoms with Crippen molar-refractivity contribution in [1.29, 1.82) is 0 Å². The molecule has 0 amide bonds. The summed E-state index contributed by atoms with van der Waals surface area (Å²) in [6, 6.07) is 6.16. The van der Waals surface area contributed by atoms with Gasteiger partial charge in [-0.1, -0.05) is 15.9 Å². The molecule has 0 radical (unpaired) electrons. The number of hydrogen-bond donors (Lipinski definition) is 0. The molecule has 2 heterocycles. The van der Waals surface area contributed by atoms with Gasteiger partial charge in [0.25, 0.3) is 0 Å². The molecule has 1 atom stereocenters. The quantitative estimate of drug-likeness (QED) is 0.688. The highest BCUT2D eigenvalue weighted by molar-refractivity contribution is 9.11. The van der Waals surface area contributed by atoms with Gasteiger partial charge in [0.15, 0.2) is 5.06 Å². The van der Waals surface area contributed by atoms with Crippen molar-refractivity contribution in [3.8, 4) is 5.06 Å². The first-order valence-electron chi connectivity index (χ1n) is 4.23. The van der Waals surface area contributed by atoms with Gasteiger partial charge in [-0.15, -0.1) is 22.7 Å². The average molecular weight is 368 g/mol. The number of thiophene rings is 2. The molecule has 0 bridgehead atoms. The Balaban J connectivity index is 2.28. The van der Waals surface area contributed by atoms with Crippen LogP contribution < -0.4 is 4.74 Å². The lowest BCUT2D eigenvalue weighted by atomic mass is 10.3. The molecule has 0 saturated heterocycles. The highest BCUT2D eigenvalue weighted by atomic mass is 79.9. The molecule has 2 aromatic rings. The van der Waals surface area contributed by atoms with Crippen molar-refractivity contribution in [1.82, 2.24) is 0 Å². The molecule has 1 nitrogen and oxygen atoms in total. The lowest BCUT2D eigenvalue weighted by Gasteiger charge is -2.05. The van der Waals surface area contributed by atoms with Crippen LogP contribution in [0.25, 0.3) is 0 Å². The van der Waals surface area contributed by atoms with Gasteiger partial charge in [-0.3, -0.25) is 0 Å². The lowest BCUT2D eigenvalue weighted by molar-refractivity contribution is 0.427. The molecule has 2 aromatic heterocycles. The smallest absolute Gasteiger partial charge is 0.173 e. The van der Waals surface area contributed by atoms with E-state index in [1.165, 1.54) is 9.75 Å². The van der Waals surface area contributed by atoms with Crippen molar-refractivity contribution in [2.75, 3.05) is 7.11 Å². The van der Waals surface area contributed by atoms with E-state index in [4.69, 9.17) is 4.74 Å². The van der Waals surface area contributed by atoms with Gasteiger partial charge >= 0.3 is 0 Å². The predicted octanol–water partition coefficient (Wildman–Crippen LogP) is 5.07. The Labute approximate surface area is 113 Å². The van der Waals surface area contributed by atoms with E-state index in [1.807, 2.05) is 6.07 Å². The normalized spacial score (nSPS) is 12.7. The minimum Gasteiger partial charge on any atom is -0.487 e. The summed E-state index contributed by atoms with van der Waals surface area (Å²) >= 11 is 10.6. The van der Waals surface area contributed by atoms with E-state index in [1.54, 1.807) is 29.8 Å². The Morgan fingerprint density at radius 1 is 1.33 bits per heavy atom. The van der Waals surface area contributed by atoms with E-state index in [0.29, 0.717) is 0 Å². The molecule has 0 fully saturated rings. The Bertz CT molecular complexity index is 450. The van der Waals surface area contributed by atoms with Crippen LogP contribution in [0.4, 0.5) is 0 Å². The molecule has 5 heteroatoms. The predicted molar refractivity (Wildman–Crippen MR) is 73.7 cm³/mol. The maximum atomic E-state index is 5.18. The van der Waals surface area contributed by atoms with Crippen LogP contribution in [-0.2, 0) is 0 Å². The van der Waals surface area contributed by atoms with Crippen molar-refractivity contribution in [3.05, 3.63) is 37.8 Å². The zero-order valence-corrected chi connectivity index (χ0v) is 12.7. The van der Waals surface area contributed by atoms with E-state index < -0.39 is 0 Å². The molecule has 0 saturated carbocycles. The topological polar surface area (TPSA) is 9.23 Å². The Morgan fingerprint density at radius 2 is 2.13 bits per heavy atom. The fourth-order valence-electron chi connectivity index (χ4n) is 1.20. The number of halogens is 2. The summed E-state index contributed by atoms with van der Waals surface area (Å²) in [6.07, 6.45) is 0. The summed E-state index contributed by atoms with van der Waals surface area (Å²) in [5.74, 6) is 0. The molecule has 1 unspecified atom stereocenters. The Kier molecular flexibility index (Phi) is 3.88. The molecule has 15 heavy (non-hydrogen) atoms. The molecular weight excluding hydrogens is 360 g/mol. The van der Waals surface area contributed by atoms with Gasteiger partial charge in [-0.05, 0) is 39.5 Å². The second-order valence-electron chi connectivity index (χ2n) is 2.86. The molecule has 2 rings (SSSR count). The van der Waals surface area contributed by atoms with Crippen molar-refractivity contribution < 1.29 is 4.74 Å². The van der Waals surface area contributed by atoms with Gasteiger partial charge in [-0.25, -0.2) is 0 Å². The number of alkyl halides is 1. The third-order valence-corrected chi connectivity index (χ3v) is 6.53. The summed E-state index contributed by atoms with van der Waals surface area (Å²) < 4.78 is 6.34. The van der Waals surface area contributed by atoms with Gasteiger partial charge in [0.2, 0.25) is 0 Å². The zero-order chi connectivity index (χ0) is 10.8. The van der Waals surface area contributed by atoms with E-state index in [9.17, 15) is 0 Å². The van der Waals surface area contributed by atoms with Gasteiger partial charge < -0.3 is 4.74 Å². The fraction of sp³-hybridized carbons (Fsp3) is 0.200. The SMILES string of the molecule is COc1ccc(C(Br)c2sccc2Br)s1.